The summed E-state index contributed by atoms with van der Waals surface area (Å²) >= 11 is 5.72. The van der Waals surface area contributed by atoms with Crippen LogP contribution in [0.4, 0.5) is 10.2 Å². The number of hydrogen-bond donors (Lipinski definition) is 1. The number of rotatable bonds is 3. The van der Waals surface area contributed by atoms with Gasteiger partial charge in [0.1, 0.15) is 17.3 Å². The lowest BCUT2D eigenvalue weighted by atomic mass is 10.3. The maximum atomic E-state index is 13.1. The van der Waals surface area contributed by atoms with Crippen molar-refractivity contribution in [2.45, 2.75) is 6.42 Å². The molecule has 1 N–H and O–H groups in total. The summed E-state index contributed by atoms with van der Waals surface area (Å²) in [4.78, 5) is 20.1. The highest BCUT2D eigenvalue weighted by Gasteiger charge is 2.09. The molecule has 0 unspecified atom stereocenters. The lowest BCUT2D eigenvalue weighted by molar-refractivity contribution is -0.115. The summed E-state index contributed by atoms with van der Waals surface area (Å²) in [5.41, 5.74) is 1.14. The monoisotopic (exact) mass is 304 g/mol. The van der Waals surface area contributed by atoms with Gasteiger partial charge in [-0.3, -0.25) is 4.79 Å². The van der Waals surface area contributed by atoms with Crippen LogP contribution in [-0.4, -0.2) is 20.3 Å². The molecule has 0 aliphatic carbocycles. The highest BCUT2D eigenvalue weighted by atomic mass is 35.5. The Hall–Kier alpha value is -2.47. The number of aromatic nitrogens is 3. The van der Waals surface area contributed by atoms with Gasteiger partial charge in [-0.15, -0.1) is 0 Å². The molecule has 3 aromatic heterocycles. The van der Waals surface area contributed by atoms with E-state index in [1.807, 2.05) is 0 Å². The number of amides is 1. The number of nitrogens with one attached hydrogen (secondary N) is 1. The topological polar surface area (TPSA) is 59.3 Å². The number of anilines is 1. The molecule has 0 radical (unpaired) electrons. The summed E-state index contributed by atoms with van der Waals surface area (Å²) < 4.78 is 14.6. The molecule has 0 atom stereocenters. The first-order valence-electron chi connectivity index (χ1n) is 6.15. The number of carbonyl (C=O) groups is 1. The first-order valence-corrected chi connectivity index (χ1v) is 6.52. The van der Waals surface area contributed by atoms with Crippen molar-refractivity contribution in [3.05, 3.63) is 59.4 Å². The smallest absolute Gasteiger partial charge is 0.231 e. The second-order valence-electron chi connectivity index (χ2n) is 4.43. The number of carbonyl (C=O) groups excluding carboxylic acids is 1. The average Bonchev–Trinajstić information content (AvgIpc) is 2.82. The van der Waals surface area contributed by atoms with Crippen LogP contribution < -0.4 is 5.32 Å². The Morgan fingerprint density at radius 3 is 2.90 bits per heavy atom. The van der Waals surface area contributed by atoms with Crippen molar-refractivity contribution in [3.8, 4) is 0 Å². The number of nitrogens with zero attached hydrogens (tertiary/aromatic N) is 3. The van der Waals surface area contributed by atoms with E-state index in [1.165, 1.54) is 18.5 Å². The molecular formula is C14H10ClFN4O. The predicted octanol–water partition coefficient (Wildman–Crippen LogP) is 2.70. The SMILES string of the molecule is O=C(Cc1cn2cc(F)ccc2n1)Nc1ccc(Cl)cn1. The fourth-order valence-electron chi connectivity index (χ4n) is 1.90. The molecule has 5 nitrogen and oxygen atoms in total. The minimum atomic E-state index is -0.360. The zero-order chi connectivity index (χ0) is 14.8. The van der Waals surface area contributed by atoms with Gasteiger partial charge in [0.15, 0.2) is 0 Å². The van der Waals surface area contributed by atoms with Crippen LogP contribution in [0.5, 0.6) is 0 Å². The molecule has 3 aromatic rings. The summed E-state index contributed by atoms with van der Waals surface area (Å²) in [6.07, 6.45) is 4.45. The normalized spacial score (nSPS) is 10.8. The van der Waals surface area contributed by atoms with E-state index in [1.54, 1.807) is 28.8 Å². The second-order valence-corrected chi connectivity index (χ2v) is 4.87. The Kier molecular flexibility index (Phi) is 3.53. The van der Waals surface area contributed by atoms with Crippen LogP contribution in [-0.2, 0) is 11.2 Å². The van der Waals surface area contributed by atoms with Crippen LogP contribution >= 0.6 is 11.6 Å². The largest absolute Gasteiger partial charge is 0.310 e. The third-order valence-electron chi connectivity index (χ3n) is 2.80. The molecule has 1 amide bonds. The van der Waals surface area contributed by atoms with E-state index >= 15 is 0 Å². The van der Waals surface area contributed by atoms with Crippen molar-refractivity contribution in [3.63, 3.8) is 0 Å². The predicted molar refractivity (Wildman–Crippen MR) is 76.7 cm³/mol. The molecule has 0 fully saturated rings. The van der Waals surface area contributed by atoms with Gasteiger partial charge in [0.25, 0.3) is 0 Å². The van der Waals surface area contributed by atoms with Gasteiger partial charge in [-0.05, 0) is 24.3 Å². The molecule has 106 valence electrons. The number of imidazole rings is 1. The number of halogens is 2. The summed E-state index contributed by atoms with van der Waals surface area (Å²) in [5, 5.41) is 3.14. The van der Waals surface area contributed by atoms with Crippen molar-refractivity contribution in [1.82, 2.24) is 14.4 Å². The van der Waals surface area contributed by atoms with Gasteiger partial charge in [-0.25, -0.2) is 14.4 Å². The lowest BCUT2D eigenvalue weighted by Gasteiger charge is -2.02. The number of hydrogen-bond acceptors (Lipinski definition) is 3. The second kappa shape index (κ2) is 5.49. The van der Waals surface area contributed by atoms with Gasteiger partial charge in [0, 0.05) is 18.6 Å². The zero-order valence-electron chi connectivity index (χ0n) is 10.8. The Balaban J connectivity index is 1.72. The summed E-state index contributed by atoms with van der Waals surface area (Å²) in [5.74, 6) is -0.200. The van der Waals surface area contributed by atoms with Crippen LogP contribution in [0.1, 0.15) is 5.69 Å². The van der Waals surface area contributed by atoms with E-state index in [9.17, 15) is 9.18 Å². The molecule has 0 aliphatic heterocycles. The minimum Gasteiger partial charge on any atom is -0.310 e. The maximum absolute atomic E-state index is 13.1. The molecule has 3 rings (SSSR count). The van der Waals surface area contributed by atoms with Crippen molar-refractivity contribution in [2.75, 3.05) is 5.32 Å². The van der Waals surface area contributed by atoms with E-state index < -0.39 is 0 Å². The van der Waals surface area contributed by atoms with Crippen molar-refractivity contribution in [1.29, 1.82) is 0 Å². The zero-order valence-corrected chi connectivity index (χ0v) is 11.5. The lowest BCUT2D eigenvalue weighted by Crippen LogP contribution is -2.15. The quantitative estimate of drug-likeness (QED) is 0.809. The van der Waals surface area contributed by atoms with E-state index in [4.69, 9.17) is 11.6 Å². The number of fused-ring (bicyclic) bond motifs is 1. The maximum Gasteiger partial charge on any atom is 0.231 e. The molecular weight excluding hydrogens is 295 g/mol. The average molecular weight is 305 g/mol. The molecule has 0 saturated heterocycles. The summed E-state index contributed by atoms with van der Waals surface area (Å²) in [7, 11) is 0. The molecule has 0 aliphatic rings. The Morgan fingerprint density at radius 1 is 1.29 bits per heavy atom. The molecule has 0 bridgehead atoms. The molecule has 0 aromatic carbocycles. The number of pyridine rings is 2. The fraction of sp³-hybridized carbons (Fsp3) is 0.0714. The van der Waals surface area contributed by atoms with Crippen LogP contribution in [0.25, 0.3) is 5.65 Å². The van der Waals surface area contributed by atoms with Gasteiger partial charge in [-0.1, -0.05) is 11.6 Å². The van der Waals surface area contributed by atoms with Gasteiger partial charge in [-0.2, -0.15) is 0 Å². The Labute approximate surface area is 124 Å². The summed E-state index contributed by atoms with van der Waals surface area (Å²) in [6.45, 7) is 0. The molecule has 3 heterocycles. The standard InChI is InChI=1S/C14H10ClFN4O/c15-9-1-3-12(17-6-9)19-14(21)5-11-8-20-7-10(16)2-4-13(20)18-11/h1-4,6-8H,5H2,(H,17,19,21). The van der Waals surface area contributed by atoms with Crippen LogP contribution in [0.3, 0.4) is 0 Å². The molecule has 21 heavy (non-hydrogen) atoms. The minimum absolute atomic E-state index is 0.0770. The first-order chi connectivity index (χ1) is 10.1. The van der Waals surface area contributed by atoms with Gasteiger partial charge >= 0.3 is 0 Å². The fourth-order valence-corrected chi connectivity index (χ4v) is 2.02. The Morgan fingerprint density at radius 2 is 2.14 bits per heavy atom. The van der Waals surface area contributed by atoms with Crippen molar-refractivity contribution < 1.29 is 9.18 Å². The molecule has 0 spiro atoms. The molecule has 7 heteroatoms. The highest BCUT2D eigenvalue weighted by molar-refractivity contribution is 6.30. The van der Waals surface area contributed by atoms with E-state index in [-0.39, 0.29) is 18.1 Å². The van der Waals surface area contributed by atoms with E-state index in [0.29, 0.717) is 22.2 Å². The van der Waals surface area contributed by atoms with Crippen LogP contribution in [0.2, 0.25) is 5.02 Å². The van der Waals surface area contributed by atoms with Crippen molar-refractivity contribution >= 4 is 29.0 Å². The van der Waals surface area contributed by atoms with Gasteiger partial charge < -0.3 is 9.72 Å². The van der Waals surface area contributed by atoms with Gasteiger partial charge in [0.2, 0.25) is 5.91 Å². The van der Waals surface area contributed by atoms with E-state index in [2.05, 4.69) is 15.3 Å². The summed E-state index contributed by atoms with van der Waals surface area (Å²) in [6, 6.07) is 6.12. The first kappa shape index (κ1) is 13.5. The van der Waals surface area contributed by atoms with Crippen LogP contribution in [0.15, 0.2) is 42.9 Å². The van der Waals surface area contributed by atoms with Crippen molar-refractivity contribution in [2.24, 2.45) is 0 Å². The van der Waals surface area contributed by atoms with Crippen LogP contribution in [0, 0.1) is 5.82 Å². The third kappa shape index (κ3) is 3.17. The Bertz CT molecular complexity index is 800. The van der Waals surface area contributed by atoms with Gasteiger partial charge in [0.05, 0.1) is 17.1 Å². The van der Waals surface area contributed by atoms with E-state index in [0.717, 1.165) is 0 Å². The third-order valence-corrected chi connectivity index (χ3v) is 3.02. The molecule has 0 saturated carbocycles. The highest BCUT2D eigenvalue weighted by Crippen LogP contribution is 2.11.